The lowest BCUT2D eigenvalue weighted by Crippen LogP contribution is -2.15. The van der Waals surface area contributed by atoms with Gasteiger partial charge in [-0.1, -0.05) is 36.4 Å². The molecule has 0 bridgehead atoms. The number of carbonyl (C=O) groups excluding carboxylic acids is 1. The molecule has 4 rings (SSSR count). The Bertz CT molecular complexity index is 1200. The van der Waals surface area contributed by atoms with Crippen molar-refractivity contribution in [2.24, 2.45) is 0 Å². The minimum absolute atomic E-state index is 0.0636. The normalized spacial score (nSPS) is 11.6. The first-order valence-electron chi connectivity index (χ1n) is 8.45. The van der Waals surface area contributed by atoms with Gasteiger partial charge in [0.15, 0.2) is 17.0 Å². The lowest BCUT2D eigenvalue weighted by molar-refractivity contribution is -0.142. The van der Waals surface area contributed by atoms with Crippen LogP contribution in [0.5, 0.6) is 5.75 Å². The zero-order valence-corrected chi connectivity index (χ0v) is 14.7. The van der Waals surface area contributed by atoms with E-state index in [0.717, 1.165) is 6.07 Å². The maximum absolute atomic E-state index is 13.6. The summed E-state index contributed by atoms with van der Waals surface area (Å²) in [5, 5.41) is 15.7. The van der Waals surface area contributed by atoms with Crippen LogP contribution in [0.25, 0.3) is 16.9 Å². The van der Waals surface area contributed by atoms with Gasteiger partial charge in [0.25, 0.3) is 5.91 Å². The van der Waals surface area contributed by atoms with Gasteiger partial charge in [-0.3, -0.25) is 4.79 Å². The summed E-state index contributed by atoms with van der Waals surface area (Å²) in [5.74, 6) is -0.790. The van der Waals surface area contributed by atoms with Crippen molar-refractivity contribution in [3.05, 3.63) is 78.1 Å². The van der Waals surface area contributed by atoms with Gasteiger partial charge in [0.1, 0.15) is 5.75 Å². The molecule has 0 spiro atoms. The van der Waals surface area contributed by atoms with Gasteiger partial charge in [0.05, 0.1) is 5.69 Å². The zero-order valence-electron chi connectivity index (χ0n) is 14.7. The number of benzene rings is 2. The van der Waals surface area contributed by atoms with E-state index < -0.39 is 17.8 Å². The van der Waals surface area contributed by atoms with Crippen LogP contribution in [0.4, 0.5) is 18.9 Å². The molecule has 2 heterocycles. The van der Waals surface area contributed by atoms with Crippen molar-refractivity contribution in [1.29, 1.82) is 0 Å². The van der Waals surface area contributed by atoms with Crippen molar-refractivity contribution < 1.29 is 23.1 Å². The molecule has 0 aliphatic carbocycles. The van der Waals surface area contributed by atoms with E-state index in [4.69, 9.17) is 0 Å². The van der Waals surface area contributed by atoms with Crippen LogP contribution in [0.3, 0.4) is 0 Å². The fraction of sp³-hybridized carbons (Fsp3) is 0.0500. The quantitative estimate of drug-likeness (QED) is 0.537. The molecule has 9 heteroatoms. The molecule has 0 aliphatic rings. The zero-order chi connectivity index (χ0) is 20.6. The first-order valence-corrected chi connectivity index (χ1v) is 8.45. The monoisotopic (exact) mass is 398 g/mol. The number of fused-ring (bicyclic) bond motifs is 1. The molecule has 2 aromatic heterocycles. The maximum Gasteiger partial charge on any atom is 0.433 e. The average Bonchev–Trinajstić information content (AvgIpc) is 3.11. The Morgan fingerprint density at radius 3 is 2.45 bits per heavy atom. The Labute approximate surface area is 162 Å². The smallest absolute Gasteiger partial charge is 0.433 e. The van der Waals surface area contributed by atoms with E-state index in [1.165, 1.54) is 30.3 Å². The van der Waals surface area contributed by atoms with E-state index >= 15 is 0 Å². The van der Waals surface area contributed by atoms with Crippen LogP contribution in [-0.4, -0.2) is 25.6 Å². The highest BCUT2D eigenvalue weighted by atomic mass is 19.4. The number of hydrogen-bond donors (Lipinski definition) is 2. The van der Waals surface area contributed by atoms with Crippen LogP contribution < -0.4 is 5.32 Å². The fourth-order valence-corrected chi connectivity index (χ4v) is 2.82. The van der Waals surface area contributed by atoms with Crippen LogP contribution in [0, 0.1) is 0 Å². The number of alkyl halides is 3. The summed E-state index contributed by atoms with van der Waals surface area (Å²) in [7, 11) is 0. The van der Waals surface area contributed by atoms with Gasteiger partial charge < -0.3 is 10.4 Å². The van der Waals surface area contributed by atoms with E-state index in [1.807, 2.05) is 0 Å². The highest BCUT2D eigenvalue weighted by Gasteiger charge is 2.35. The molecule has 29 heavy (non-hydrogen) atoms. The number of nitrogens with one attached hydrogen (secondary N) is 1. The molecule has 0 atom stereocenters. The van der Waals surface area contributed by atoms with E-state index in [2.05, 4.69) is 15.4 Å². The lowest BCUT2D eigenvalue weighted by Gasteiger charge is -2.10. The SMILES string of the molecule is O=C(Nc1cccc(O)c1)c1cc2nc(-c3ccccc3)cc(C(F)(F)F)n2n1. The van der Waals surface area contributed by atoms with Crippen molar-refractivity contribution in [1.82, 2.24) is 14.6 Å². The Balaban J connectivity index is 1.79. The average molecular weight is 398 g/mol. The van der Waals surface area contributed by atoms with Crippen molar-refractivity contribution in [2.75, 3.05) is 5.32 Å². The summed E-state index contributed by atoms with van der Waals surface area (Å²) >= 11 is 0. The highest BCUT2D eigenvalue weighted by molar-refractivity contribution is 6.03. The second-order valence-corrected chi connectivity index (χ2v) is 6.19. The third-order valence-corrected chi connectivity index (χ3v) is 4.12. The molecule has 0 fully saturated rings. The Kier molecular flexibility index (Phi) is 4.42. The molecule has 6 nitrogen and oxygen atoms in total. The minimum Gasteiger partial charge on any atom is -0.508 e. The first kappa shape index (κ1) is 18.5. The Morgan fingerprint density at radius 1 is 1.00 bits per heavy atom. The van der Waals surface area contributed by atoms with Crippen LogP contribution in [-0.2, 0) is 6.18 Å². The number of nitrogens with zero attached hydrogens (tertiary/aromatic N) is 3. The molecule has 0 saturated heterocycles. The van der Waals surface area contributed by atoms with E-state index in [-0.39, 0.29) is 28.5 Å². The summed E-state index contributed by atoms with van der Waals surface area (Å²) in [6.07, 6.45) is -4.70. The highest BCUT2D eigenvalue weighted by Crippen LogP contribution is 2.32. The molecule has 0 aliphatic heterocycles. The second-order valence-electron chi connectivity index (χ2n) is 6.19. The first-order chi connectivity index (χ1) is 13.8. The number of aromatic nitrogens is 3. The van der Waals surface area contributed by atoms with E-state index in [0.29, 0.717) is 10.1 Å². The van der Waals surface area contributed by atoms with Crippen molar-refractivity contribution in [2.45, 2.75) is 6.18 Å². The van der Waals surface area contributed by atoms with Crippen LogP contribution in [0.2, 0.25) is 0 Å². The standard InChI is InChI=1S/C20H13F3N4O2/c21-20(22,23)17-10-15(12-5-2-1-3-6-12)25-18-11-16(26-27(17)18)19(29)24-13-7-4-8-14(28)9-13/h1-11,28H,(H,24,29). The second kappa shape index (κ2) is 6.93. The molecular weight excluding hydrogens is 385 g/mol. The molecule has 0 radical (unpaired) electrons. The van der Waals surface area contributed by atoms with Crippen LogP contribution >= 0.6 is 0 Å². The number of anilines is 1. The number of carbonyl (C=O) groups is 1. The number of halogens is 3. The fourth-order valence-electron chi connectivity index (χ4n) is 2.82. The number of hydrogen-bond acceptors (Lipinski definition) is 4. The molecular formula is C20H13F3N4O2. The summed E-state index contributed by atoms with van der Waals surface area (Å²) in [5.41, 5.74) is -0.493. The lowest BCUT2D eigenvalue weighted by atomic mass is 10.1. The largest absolute Gasteiger partial charge is 0.508 e. The van der Waals surface area contributed by atoms with Gasteiger partial charge in [-0.05, 0) is 18.2 Å². The van der Waals surface area contributed by atoms with Crippen molar-refractivity contribution in [3.63, 3.8) is 0 Å². The van der Waals surface area contributed by atoms with Crippen LogP contribution in [0.15, 0.2) is 66.7 Å². The van der Waals surface area contributed by atoms with Crippen LogP contribution in [0.1, 0.15) is 16.2 Å². The van der Waals surface area contributed by atoms with Crippen molar-refractivity contribution in [3.8, 4) is 17.0 Å². The van der Waals surface area contributed by atoms with E-state index in [1.54, 1.807) is 30.3 Å². The Hall–Kier alpha value is -3.88. The third kappa shape index (κ3) is 3.75. The van der Waals surface area contributed by atoms with Gasteiger partial charge in [-0.25, -0.2) is 9.50 Å². The van der Waals surface area contributed by atoms with E-state index in [9.17, 15) is 23.1 Å². The predicted molar refractivity (Wildman–Crippen MR) is 99.5 cm³/mol. The molecule has 2 N–H and O–H groups in total. The third-order valence-electron chi connectivity index (χ3n) is 4.12. The van der Waals surface area contributed by atoms with Gasteiger partial charge in [0.2, 0.25) is 0 Å². The van der Waals surface area contributed by atoms with Gasteiger partial charge >= 0.3 is 6.18 Å². The van der Waals surface area contributed by atoms with Gasteiger partial charge in [-0.15, -0.1) is 0 Å². The molecule has 2 aromatic carbocycles. The predicted octanol–water partition coefficient (Wildman–Crippen LogP) is 4.37. The number of aromatic hydroxyl groups is 1. The topological polar surface area (TPSA) is 79.5 Å². The summed E-state index contributed by atoms with van der Waals surface area (Å²) < 4.78 is 41.4. The summed E-state index contributed by atoms with van der Waals surface area (Å²) in [6.45, 7) is 0. The number of rotatable bonds is 3. The number of phenolic OH excluding ortho intramolecular Hbond substituents is 1. The number of phenols is 1. The minimum atomic E-state index is -4.70. The Morgan fingerprint density at radius 2 is 1.76 bits per heavy atom. The molecule has 4 aromatic rings. The van der Waals surface area contributed by atoms with Crippen molar-refractivity contribution >= 4 is 17.2 Å². The molecule has 1 amide bonds. The summed E-state index contributed by atoms with van der Waals surface area (Å²) in [6, 6.07) is 16.3. The number of amides is 1. The van der Waals surface area contributed by atoms with Gasteiger partial charge in [0, 0.05) is 23.4 Å². The summed E-state index contributed by atoms with van der Waals surface area (Å²) in [4.78, 5) is 16.7. The molecule has 0 saturated carbocycles. The maximum atomic E-state index is 13.6. The molecule has 146 valence electrons. The van der Waals surface area contributed by atoms with Gasteiger partial charge in [-0.2, -0.15) is 18.3 Å². The molecule has 0 unspecified atom stereocenters.